The molecule has 0 aliphatic heterocycles. The zero-order chi connectivity index (χ0) is 14.5. The Morgan fingerprint density at radius 3 is 2.47 bits per heavy atom. The highest BCUT2D eigenvalue weighted by atomic mass is 79.9. The van der Waals surface area contributed by atoms with Crippen LogP contribution < -0.4 is 11.1 Å². The van der Waals surface area contributed by atoms with E-state index in [1.165, 1.54) is 0 Å². The summed E-state index contributed by atoms with van der Waals surface area (Å²) in [6, 6.07) is 8.02. The van der Waals surface area contributed by atoms with Crippen molar-refractivity contribution in [3.63, 3.8) is 0 Å². The second kappa shape index (κ2) is 7.06. The molecule has 1 unspecified atom stereocenters. The molecule has 0 aliphatic rings. The second-order valence-corrected chi connectivity index (χ2v) is 6.37. The van der Waals surface area contributed by atoms with Crippen molar-refractivity contribution >= 4 is 21.8 Å². The van der Waals surface area contributed by atoms with Crippen LogP contribution in [0.1, 0.15) is 39.2 Å². The van der Waals surface area contributed by atoms with Crippen LogP contribution in [0.15, 0.2) is 28.7 Å². The van der Waals surface area contributed by atoms with E-state index in [1.54, 1.807) is 0 Å². The zero-order valence-electron chi connectivity index (χ0n) is 11.9. The smallest absolute Gasteiger partial charge is 0.223 e. The van der Waals surface area contributed by atoms with Crippen LogP contribution in [0.4, 0.5) is 0 Å². The molecule has 0 bridgehead atoms. The number of carbonyl (C=O) groups excluding carboxylic acids is 1. The summed E-state index contributed by atoms with van der Waals surface area (Å²) in [4.78, 5) is 12.1. The van der Waals surface area contributed by atoms with Gasteiger partial charge in [0, 0.05) is 10.4 Å². The fourth-order valence-electron chi connectivity index (χ4n) is 1.93. The molecule has 106 valence electrons. The normalized spacial score (nSPS) is 13.1. The average molecular weight is 327 g/mol. The van der Waals surface area contributed by atoms with E-state index >= 15 is 0 Å². The van der Waals surface area contributed by atoms with Crippen molar-refractivity contribution in [1.29, 1.82) is 0 Å². The lowest BCUT2D eigenvalue weighted by molar-refractivity contribution is -0.126. The topological polar surface area (TPSA) is 55.1 Å². The fourth-order valence-corrected chi connectivity index (χ4v) is 2.19. The molecule has 3 N–H and O–H groups in total. The molecule has 1 aromatic rings. The van der Waals surface area contributed by atoms with Gasteiger partial charge in [-0.1, -0.05) is 35.0 Å². The van der Waals surface area contributed by atoms with Crippen LogP contribution in [-0.4, -0.2) is 12.5 Å². The monoisotopic (exact) mass is 326 g/mol. The first kappa shape index (κ1) is 16.2. The first-order valence-electron chi connectivity index (χ1n) is 6.65. The van der Waals surface area contributed by atoms with Crippen molar-refractivity contribution in [3.8, 4) is 0 Å². The number of carbonyl (C=O) groups is 1. The zero-order valence-corrected chi connectivity index (χ0v) is 13.5. The first-order valence-corrected chi connectivity index (χ1v) is 7.44. The number of nitrogens with one attached hydrogen (secondary N) is 1. The lowest BCUT2D eigenvalue weighted by Crippen LogP contribution is -2.43. The van der Waals surface area contributed by atoms with Gasteiger partial charge in [-0.2, -0.15) is 0 Å². The molecule has 4 heteroatoms. The van der Waals surface area contributed by atoms with E-state index in [9.17, 15) is 4.79 Å². The largest absolute Gasteiger partial charge is 0.347 e. The minimum atomic E-state index is -0.366. The third-order valence-electron chi connectivity index (χ3n) is 3.29. The summed E-state index contributed by atoms with van der Waals surface area (Å²) >= 11 is 3.42. The van der Waals surface area contributed by atoms with E-state index < -0.39 is 0 Å². The van der Waals surface area contributed by atoms with Gasteiger partial charge in [-0.25, -0.2) is 0 Å². The van der Waals surface area contributed by atoms with Crippen LogP contribution >= 0.6 is 15.9 Å². The Kier molecular flexibility index (Phi) is 6.01. The number of halogens is 1. The van der Waals surface area contributed by atoms with Crippen LogP contribution in [-0.2, 0) is 10.3 Å². The maximum Gasteiger partial charge on any atom is 0.223 e. The van der Waals surface area contributed by atoms with Gasteiger partial charge in [0.05, 0.1) is 5.54 Å². The lowest BCUT2D eigenvalue weighted by Gasteiger charge is -2.28. The van der Waals surface area contributed by atoms with Gasteiger partial charge in [-0.05, 0) is 50.9 Å². The summed E-state index contributed by atoms with van der Waals surface area (Å²) in [5, 5.41) is 3.11. The van der Waals surface area contributed by atoms with Gasteiger partial charge in [-0.3, -0.25) is 4.79 Å². The third kappa shape index (κ3) is 4.96. The van der Waals surface area contributed by atoms with Crippen LogP contribution in [0, 0.1) is 5.92 Å². The van der Waals surface area contributed by atoms with E-state index in [1.807, 2.05) is 45.0 Å². The van der Waals surface area contributed by atoms with Crippen molar-refractivity contribution in [3.05, 3.63) is 34.3 Å². The Morgan fingerprint density at radius 2 is 1.95 bits per heavy atom. The van der Waals surface area contributed by atoms with Gasteiger partial charge >= 0.3 is 0 Å². The van der Waals surface area contributed by atoms with E-state index in [4.69, 9.17) is 5.73 Å². The molecule has 0 fully saturated rings. The van der Waals surface area contributed by atoms with Gasteiger partial charge in [0.2, 0.25) is 5.91 Å². The summed E-state index contributed by atoms with van der Waals surface area (Å²) in [5.74, 6) is 0.0830. The first-order chi connectivity index (χ1) is 8.86. The Morgan fingerprint density at radius 1 is 1.37 bits per heavy atom. The minimum absolute atomic E-state index is 0.00160. The van der Waals surface area contributed by atoms with Gasteiger partial charge in [0.25, 0.3) is 0 Å². The van der Waals surface area contributed by atoms with Crippen LogP contribution in [0.25, 0.3) is 0 Å². The van der Waals surface area contributed by atoms with Crippen molar-refractivity contribution < 1.29 is 4.79 Å². The molecule has 1 amide bonds. The predicted octanol–water partition coefficient (Wildman–Crippen LogP) is 3.18. The minimum Gasteiger partial charge on any atom is -0.347 e. The van der Waals surface area contributed by atoms with E-state index in [0.717, 1.165) is 22.9 Å². The van der Waals surface area contributed by atoms with Gasteiger partial charge < -0.3 is 11.1 Å². The van der Waals surface area contributed by atoms with Crippen molar-refractivity contribution in [1.82, 2.24) is 5.32 Å². The molecule has 0 spiro atoms. The quantitative estimate of drug-likeness (QED) is 0.843. The summed E-state index contributed by atoms with van der Waals surface area (Å²) < 4.78 is 1.04. The number of benzene rings is 1. The molecule has 0 saturated carbocycles. The van der Waals surface area contributed by atoms with Crippen molar-refractivity contribution in [2.45, 2.75) is 39.2 Å². The number of hydrogen-bond donors (Lipinski definition) is 2. The molecule has 0 aliphatic carbocycles. The summed E-state index contributed by atoms with van der Waals surface area (Å²) in [6.07, 6.45) is 1.71. The molecule has 19 heavy (non-hydrogen) atoms. The van der Waals surface area contributed by atoms with Gasteiger partial charge in [-0.15, -0.1) is 0 Å². The standard InChI is InChI=1S/C15H23BrN2O/c1-11(5-4-10-17)14(19)18-15(2,3)12-6-8-13(16)9-7-12/h6-9,11H,4-5,10,17H2,1-3H3,(H,18,19). The molecule has 1 atom stereocenters. The van der Waals surface area contributed by atoms with Crippen LogP contribution in [0.3, 0.4) is 0 Å². The fraction of sp³-hybridized carbons (Fsp3) is 0.533. The molecule has 0 saturated heterocycles. The molecule has 0 radical (unpaired) electrons. The number of rotatable bonds is 6. The average Bonchev–Trinajstić information content (AvgIpc) is 2.35. The summed E-state index contributed by atoms with van der Waals surface area (Å²) in [7, 11) is 0. The Hall–Kier alpha value is -0.870. The highest BCUT2D eigenvalue weighted by Crippen LogP contribution is 2.23. The highest BCUT2D eigenvalue weighted by molar-refractivity contribution is 9.10. The Labute approximate surface area is 124 Å². The third-order valence-corrected chi connectivity index (χ3v) is 3.82. The maximum atomic E-state index is 12.1. The highest BCUT2D eigenvalue weighted by Gasteiger charge is 2.25. The molecule has 1 aromatic carbocycles. The lowest BCUT2D eigenvalue weighted by atomic mass is 9.93. The summed E-state index contributed by atoms with van der Waals surface area (Å²) in [6.45, 7) is 6.62. The molecule has 3 nitrogen and oxygen atoms in total. The molecule has 0 heterocycles. The molecule has 0 aromatic heterocycles. The van der Waals surface area contributed by atoms with E-state index in [0.29, 0.717) is 6.54 Å². The molecular weight excluding hydrogens is 304 g/mol. The number of amides is 1. The number of hydrogen-bond acceptors (Lipinski definition) is 2. The number of nitrogens with two attached hydrogens (primary N) is 1. The van der Waals surface area contributed by atoms with Gasteiger partial charge in [0.15, 0.2) is 0 Å². The Balaban J connectivity index is 2.68. The molecule has 1 rings (SSSR count). The predicted molar refractivity (Wildman–Crippen MR) is 82.8 cm³/mol. The van der Waals surface area contributed by atoms with Gasteiger partial charge in [0.1, 0.15) is 0 Å². The van der Waals surface area contributed by atoms with E-state index in [2.05, 4.69) is 21.2 Å². The second-order valence-electron chi connectivity index (χ2n) is 5.45. The van der Waals surface area contributed by atoms with Crippen LogP contribution in [0.2, 0.25) is 0 Å². The molecular formula is C15H23BrN2O. The SMILES string of the molecule is CC(CCCN)C(=O)NC(C)(C)c1ccc(Br)cc1. The van der Waals surface area contributed by atoms with E-state index in [-0.39, 0.29) is 17.4 Å². The maximum absolute atomic E-state index is 12.1. The van der Waals surface area contributed by atoms with Crippen molar-refractivity contribution in [2.24, 2.45) is 11.7 Å². The van der Waals surface area contributed by atoms with Crippen LogP contribution in [0.5, 0.6) is 0 Å². The Bertz CT molecular complexity index is 415. The van der Waals surface area contributed by atoms with Crippen molar-refractivity contribution in [2.75, 3.05) is 6.54 Å². The summed E-state index contributed by atoms with van der Waals surface area (Å²) in [5.41, 5.74) is 6.20.